The highest BCUT2D eigenvalue weighted by Crippen LogP contribution is 2.21. The third-order valence-electron chi connectivity index (χ3n) is 2.37. The highest BCUT2D eigenvalue weighted by atomic mass is 15.1. The molecule has 1 aliphatic heterocycles. The van der Waals surface area contributed by atoms with Crippen LogP contribution in [0, 0.1) is 0 Å². The maximum absolute atomic E-state index is 4.48. The van der Waals surface area contributed by atoms with E-state index in [0.717, 1.165) is 13.0 Å². The van der Waals surface area contributed by atoms with Crippen LogP contribution in [0.25, 0.3) is 0 Å². The van der Waals surface area contributed by atoms with Gasteiger partial charge < -0.3 is 4.90 Å². The van der Waals surface area contributed by atoms with Crippen molar-refractivity contribution in [3.05, 3.63) is 11.4 Å². The van der Waals surface area contributed by atoms with E-state index >= 15 is 0 Å². The van der Waals surface area contributed by atoms with Crippen molar-refractivity contribution in [1.29, 1.82) is 0 Å². The van der Waals surface area contributed by atoms with E-state index in [2.05, 4.69) is 30.8 Å². The molecule has 0 saturated carbocycles. The molecule has 2 heteroatoms. The van der Waals surface area contributed by atoms with Gasteiger partial charge in [-0.05, 0) is 12.8 Å². The van der Waals surface area contributed by atoms with E-state index in [1.165, 1.54) is 30.7 Å². The molecule has 0 amide bonds. The molecular weight excluding hydrogens is 160 g/mol. The first-order valence-corrected chi connectivity index (χ1v) is 5.25. The lowest BCUT2D eigenvalue weighted by Gasteiger charge is -2.26. The molecule has 0 aromatic carbocycles. The van der Waals surface area contributed by atoms with Crippen molar-refractivity contribution in [3.8, 4) is 0 Å². The van der Waals surface area contributed by atoms with Crippen molar-refractivity contribution in [3.63, 3.8) is 0 Å². The van der Waals surface area contributed by atoms with Crippen LogP contribution in [-0.4, -0.2) is 24.7 Å². The van der Waals surface area contributed by atoms with Crippen molar-refractivity contribution in [2.24, 2.45) is 4.99 Å². The van der Waals surface area contributed by atoms with Gasteiger partial charge in [0.1, 0.15) is 0 Å². The van der Waals surface area contributed by atoms with Crippen LogP contribution >= 0.6 is 0 Å². The molecule has 0 fully saturated rings. The zero-order valence-corrected chi connectivity index (χ0v) is 9.01. The Morgan fingerprint density at radius 3 is 2.62 bits per heavy atom. The van der Waals surface area contributed by atoms with Crippen molar-refractivity contribution < 1.29 is 0 Å². The second-order valence-electron chi connectivity index (χ2n) is 3.59. The van der Waals surface area contributed by atoms with E-state index in [0.29, 0.717) is 0 Å². The minimum absolute atomic E-state index is 0.975. The Morgan fingerprint density at radius 1 is 1.31 bits per heavy atom. The SMILES string of the molecule is CCCC1=C(CCC)N(C)CC=N1. The third kappa shape index (κ3) is 2.58. The molecule has 1 rings (SSSR count). The highest BCUT2D eigenvalue weighted by Gasteiger charge is 2.12. The maximum Gasteiger partial charge on any atom is 0.0591 e. The summed E-state index contributed by atoms with van der Waals surface area (Å²) in [4.78, 5) is 6.80. The van der Waals surface area contributed by atoms with E-state index in [9.17, 15) is 0 Å². The molecule has 0 N–H and O–H groups in total. The lowest BCUT2D eigenvalue weighted by molar-refractivity contribution is 0.438. The monoisotopic (exact) mass is 180 g/mol. The molecule has 1 heterocycles. The first-order chi connectivity index (χ1) is 6.29. The number of hydrogen-bond acceptors (Lipinski definition) is 2. The molecule has 0 aliphatic carbocycles. The molecule has 0 unspecified atom stereocenters. The smallest absolute Gasteiger partial charge is 0.0591 e. The predicted octanol–water partition coefficient (Wildman–Crippen LogP) is 2.81. The van der Waals surface area contributed by atoms with Gasteiger partial charge >= 0.3 is 0 Å². The van der Waals surface area contributed by atoms with Gasteiger partial charge in [-0.3, -0.25) is 4.99 Å². The number of allylic oxidation sites excluding steroid dienone is 2. The quantitative estimate of drug-likeness (QED) is 0.649. The van der Waals surface area contributed by atoms with E-state index in [4.69, 9.17) is 0 Å². The van der Waals surface area contributed by atoms with Gasteiger partial charge in [0.25, 0.3) is 0 Å². The number of nitrogens with zero attached hydrogens (tertiary/aromatic N) is 2. The normalized spacial score (nSPS) is 17.0. The summed E-state index contributed by atoms with van der Waals surface area (Å²) in [5.41, 5.74) is 2.75. The molecule has 0 atom stereocenters. The summed E-state index contributed by atoms with van der Waals surface area (Å²) in [7, 11) is 2.16. The Kier molecular flexibility index (Phi) is 4.00. The Balaban J connectivity index is 2.77. The largest absolute Gasteiger partial charge is 0.371 e. The highest BCUT2D eigenvalue weighted by molar-refractivity contribution is 5.63. The van der Waals surface area contributed by atoms with Crippen molar-refractivity contribution >= 4 is 6.21 Å². The minimum Gasteiger partial charge on any atom is -0.371 e. The Labute approximate surface area is 81.3 Å². The molecule has 74 valence electrons. The Bertz CT molecular complexity index is 216. The second kappa shape index (κ2) is 5.05. The van der Waals surface area contributed by atoms with Crippen LogP contribution < -0.4 is 0 Å². The Hall–Kier alpha value is -0.790. The van der Waals surface area contributed by atoms with Crippen molar-refractivity contribution in [2.45, 2.75) is 39.5 Å². The standard InChI is InChI=1S/C11H20N2/c1-4-6-10-11(7-5-2)13(3)9-8-12-10/h8H,4-7,9H2,1-3H3. The molecule has 13 heavy (non-hydrogen) atoms. The molecule has 0 aromatic rings. The zero-order chi connectivity index (χ0) is 9.68. The fourth-order valence-corrected chi connectivity index (χ4v) is 1.70. The van der Waals surface area contributed by atoms with Crippen LogP contribution in [0.2, 0.25) is 0 Å². The third-order valence-corrected chi connectivity index (χ3v) is 2.37. The van der Waals surface area contributed by atoms with Crippen LogP contribution in [0.3, 0.4) is 0 Å². The van der Waals surface area contributed by atoms with E-state index < -0.39 is 0 Å². The fourth-order valence-electron chi connectivity index (χ4n) is 1.70. The molecule has 0 aromatic heterocycles. The number of aliphatic imine (C=N–C) groups is 1. The summed E-state index contributed by atoms with van der Waals surface area (Å²) in [5.74, 6) is 0. The fraction of sp³-hybridized carbons (Fsp3) is 0.727. The van der Waals surface area contributed by atoms with Gasteiger partial charge in [-0.2, -0.15) is 0 Å². The van der Waals surface area contributed by atoms with E-state index in [1.54, 1.807) is 0 Å². The topological polar surface area (TPSA) is 15.6 Å². The van der Waals surface area contributed by atoms with Gasteiger partial charge in [0.05, 0.1) is 12.2 Å². The van der Waals surface area contributed by atoms with Gasteiger partial charge in [-0.1, -0.05) is 26.7 Å². The lowest BCUT2D eigenvalue weighted by atomic mass is 10.1. The molecule has 0 bridgehead atoms. The second-order valence-corrected chi connectivity index (χ2v) is 3.59. The van der Waals surface area contributed by atoms with E-state index in [-0.39, 0.29) is 0 Å². The van der Waals surface area contributed by atoms with E-state index in [1.807, 2.05) is 6.21 Å². The Morgan fingerprint density at radius 2 is 2.00 bits per heavy atom. The van der Waals surface area contributed by atoms with Gasteiger partial charge in [-0.25, -0.2) is 0 Å². The predicted molar refractivity (Wildman–Crippen MR) is 58.0 cm³/mol. The average molecular weight is 180 g/mol. The summed E-state index contributed by atoms with van der Waals surface area (Å²) >= 11 is 0. The van der Waals surface area contributed by atoms with Gasteiger partial charge in [0.15, 0.2) is 0 Å². The first-order valence-electron chi connectivity index (χ1n) is 5.25. The minimum atomic E-state index is 0.975. The van der Waals surface area contributed by atoms with Crippen LogP contribution in [-0.2, 0) is 0 Å². The van der Waals surface area contributed by atoms with Crippen LogP contribution in [0.5, 0.6) is 0 Å². The maximum atomic E-state index is 4.48. The lowest BCUT2D eigenvalue weighted by Crippen LogP contribution is -2.24. The first kappa shape index (κ1) is 10.3. The van der Waals surface area contributed by atoms with Crippen LogP contribution in [0.1, 0.15) is 39.5 Å². The zero-order valence-electron chi connectivity index (χ0n) is 9.01. The summed E-state index contributed by atoms with van der Waals surface area (Å²) in [5, 5.41) is 0. The van der Waals surface area contributed by atoms with Crippen molar-refractivity contribution in [2.75, 3.05) is 13.6 Å². The summed E-state index contributed by atoms with van der Waals surface area (Å²) in [6.07, 6.45) is 6.71. The molecule has 1 aliphatic rings. The summed E-state index contributed by atoms with van der Waals surface area (Å²) in [6, 6.07) is 0. The van der Waals surface area contributed by atoms with Gasteiger partial charge in [0.2, 0.25) is 0 Å². The van der Waals surface area contributed by atoms with Crippen LogP contribution in [0.15, 0.2) is 16.4 Å². The van der Waals surface area contributed by atoms with Crippen LogP contribution in [0.4, 0.5) is 0 Å². The molecule has 0 spiro atoms. The number of hydrogen-bond donors (Lipinski definition) is 0. The molecule has 0 radical (unpaired) electrons. The number of rotatable bonds is 4. The summed E-state index contributed by atoms with van der Waals surface area (Å²) < 4.78 is 0. The molecule has 2 nitrogen and oxygen atoms in total. The van der Waals surface area contributed by atoms with Crippen molar-refractivity contribution in [1.82, 2.24) is 4.90 Å². The van der Waals surface area contributed by atoms with Gasteiger partial charge in [-0.15, -0.1) is 0 Å². The molecular formula is C11H20N2. The van der Waals surface area contributed by atoms with Gasteiger partial charge in [0, 0.05) is 19.0 Å². The average Bonchev–Trinajstić information content (AvgIpc) is 2.11. The molecule has 0 saturated heterocycles. The summed E-state index contributed by atoms with van der Waals surface area (Å²) in [6.45, 7) is 5.41.